The van der Waals surface area contributed by atoms with E-state index < -0.39 is 146 Å². The minimum atomic E-state index is -5.27. The third-order valence-electron chi connectivity index (χ3n) is 5.83. The van der Waals surface area contributed by atoms with Crippen LogP contribution in [0.2, 0.25) is 0 Å². The Bertz CT molecular complexity index is 1560. The lowest BCUT2D eigenvalue weighted by molar-refractivity contribution is -0.240. The van der Waals surface area contributed by atoms with Gasteiger partial charge >= 0.3 is 0 Å². The van der Waals surface area contributed by atoms with Crippen molar-refractivity contribution in [3.63, 3.8) is 0 Å². The van der Waals surface area contributed by atoms with Crippen LogP contribution in [0.15, 0.2) is 0 Å². The second kappa shape index (κ2) is 32.4. The number of rotatable bonds is 43. The summed E-state index contributed by atoms with van der Waals surface area (Å²) in [6.07, 6.45) is -3.05. The molecule has 0 spiro atoms. The van der Waals surface area contributed by atoms with Crippen LogP contribution in [0.25, 0.3) is 0 Å². The van der Waals surface area contributed by atoms with Crippen LogP contribution in [-0.2, 0) is 100 Å². The van der Waals surface area contributed by atoms with Crippen LogP contribution in [0, 0.1) is 0 Å². The van der Waals surface area contributed by atoms with Crippen LogP contribution in [0.1, 0.15) is 12.8 Å². The van der Waals surface area contributed by atoms with Crippen molar-refractivity contribution in [1.82, 2.24) is 10.6 Å². The highest BCUT2D eigenvalue weighted by Crippen LogP contribution is 2.45. The van der Waals surface area contributed by atoms with Crippen LogP contribution in [-0.4, -0.2) is 144 Å². The van der Waals surface area contributed by atoms with Crippen molar-refractivity contribution in [2.45, 2.75) is 25.0 Å². The van der Waals surface area contributed by atoms with Crippen LogP contribution in [0.4, 0.5) is 0 Å². The van der Waals surface area contributed by atoms with E-state index in [1.54, 1.807) is 7.05 Å². The van der Waals surface area contributed by atoms with E-state index in [4.69, 9.17) is 14.0 Å². The molecule has 0 rings (SSSR count). The smallest absolute Gasteiger partial charge is 0.268 e. The second-order valence-corrected chi connectivity index (χ2v) is 21.3. The second-order valence-electron chi connectivity index (χ2n) is 11.1. The van der Waals surface area contributed by atoms with E-state index in [0.29, 0.717) is 0 Å². The zero-order valence-electron chi connectivity index (χ0n) is 33.3. The number of phosphoric acid groups is 6. The summed E-state index contributed by atoms with van der Waals surface area (Å²) >= 11 is 0. The topological polar surface area (TPSA) is 464 Å². The molecular formula is C23H50N2O30P7-7. The van der Waals surface area contributed by atoms with Gasteiger partial charge in [-0.2, -0.15) is 0 Å². The molecule has 0 aromatic rings. The first-order valence-electron chi connectivity index (χ1n) is 17.3. The Morgan fingerprint density at radius 3 is 1.00 bits per heavy atom. The Hall–Kier alpha value is 0.610. The highest BCUT2D eigenvalue weighted by atomic mass is 31.2. The van der Waals surface area contributed by atoms with Crippen molar-refractivity contribution in [3.05, 3.63) is 0 Å². The maximum Gasteiger partial charge on any atom is 0.268 e. The van der Waals surface area contributed by atoms with E-state index in [-0.39, 0.29) is 39.5 Å². The molecule has 0 aliphatic carbocycles. The molecule has 0 aromatic carbocycles. The summed E-state index contributed by atoms with van der Waals surface area (Å²) in [4.78, 5) is 82.7. The number of aliphatic hydroxyl groups is 1. The Morgan fingerprint density at radius 2 is 0.694 bits per heavy atom. The van der Waals surface area contributed by atoms with Gasteiger partial charge in [-0.05, 0) is 26.9 Å². The molecule has 0 aliphatic rings. The Kier molecular flexibility index (Phi) is 32.7. The zero-order valence-corrected chi connectivity index (χ0v) is 39.6. The van der Waals surface area contributed by atoms with Gasteiger partial charge in [0.1, 0.15) is 7.60 Å². The van der Waals surface area contributed by atoms with E-state index in [2.05, 4.69) is 64.9 Å². The molecule has 0 fully saturated rings. The molecule has 0 heterocycles. The fraction of sp³-hybridized carbons (Fsp3) is 1.00. The first-order chi connectivity index (χ1) is 28.7. The summed E-state index contributed by atoms with van der Waals surface area (Å²) in [7, 11) is -32.1. The SMILES string of the molecule is CNCOCCC(CO)OP(=O)([O-])OCCOP(=O)([O-])OCCOP(=O)([O-])OCCOP(=O)([O-])OCCOP(=O)([O-])OCC(CCOCNC)OP(=O)([O-])OCCOP(C)(=O)[O-]. The van der Waals surface area contributed by atoms with Gasteiger partial charge in [-0.25, -0.2) is 0 Å². The van der Waals surface area contributed by atoms with E-state index in [1.807, 2.05) is 0 Å². The monoisotopic (exact) mass is 1050 g/mol. The van der Waals surface area contributed by atoms with Gasteiger partial charge in [0, 0.05) is 6.66 Å². The van der Waals surface area contributed by atoms with Gasteiger partial charge in [-0.1, -0.05) is 0 Å². The first kappa shape index (κ1) is 62.6. The molecular weight excluding hydrogens is 1000 g/mol. The van der Waals surface area contributed by atoms with Crippen LogP contribution < -0.4 is 44.9 Å². The predicted octanol–water partition coefficient (Wildman–Crippen LogP) is -3.91. The maximum atomic E-state index is 12.1. The van der Waals surface area contributed by atoms with E-state index in [1.165, 1.54) is 7.05 Å². The lowest BCUT2D eigenvalue weighted by Gasteiger charge is -2.30. The molecule has 9 atom stereocenters. The molecule has 0 bridgehead atoms. The van der Waals surface area contributed by atoms with Gasteiger partial charge in [0.15, 0.2) is 0 Å². The Labute approximate surface area is 356 Å². The molecule has 374 valence electrons. The fourth-order valence-corrected chi connectivity index (χ4v) is 8.34. The summed E-state index contributed by atoms with van der Waals surface area (Å²) in [6.45, 7) is -10.0. The van der Waals surface area contributed by atoms with Crippen molar-refractivity contribution in [1.29, 1.82) is 0 Å². The van der Waals surface area contributed by atoms with Crippen molar-refractivity contribution in [2.24, 2.45) is 0 Å². The van der Waals surface area contributed by atoms with Crippen molar-refractivity contribution in [3.8, 4) is 0 Å². The predicted molar refractivity (Wildman–Crippen MR) is 190 cm³/mol. The fourth-order valence-electron chi connectivity index (χ4n) is 3.42. The number of aliphatic hydroxyl groups excluding tert-OH is 1. The summed E-state index contributed by atoms with van der Waals surface area (Å²) in [5.41, 5.74) is 0. The standard InChI is InChI=1S/C23H57N2O30P7/c1-24-20-41-6-4-22(18-26)54-61(37,38)52-17-16-49-59(33,34)47-13-12-45-57(29,30)44-10-11-46-58(31,32)48-14-15-50-60(35,36)53-19-23(5-7-42-21-25-2)55-62(39,40)51-9-8-43-56(3,27)28/h22-26H,4-21H2,1-3H3,(H,27,28)(H,29,30)(H,31,32)(H,33,34)(H,35,36)(H,37,38)(H,39,40)/p-7. The largest absolute Gasteiger partial charge is 0.779 e. The Morgan fingerprint density at radius 1 is 0.419 bits per heavy atom. The lowest BCUT2D eigenvalue weighted by atomic mass is 10.3. The molecule has 0 aromatic heterocycles. The molecule has 32 nitrogen and oxygen atoms in total. The summed E-state index contributed by atoms with van der Waals surface area (Å²) in [5.74, 6) is 0. The average molecular weight is 1050 g/mol. The van der Waals surface area contributed by atoms with Crippen LogP contribution in [0.5, 0.6) is 0 Å². The molecule has 39 heteroatoms. The van der Waals surface area contributed by atoms with Gasteiger partial charge in [-0.3, -0.25) is 38.0 Å². The molecule has 9 unspecified atom stereocenters. The van der Waals surface area contributed by atoms with E-state index in [9.17, 15) is 71.3 Å². The van der Waals surface area contributed by atoms with Crippen LogP contribution in [0.3, 0.4) is 0 Å². The molecule has 0 amide bonds. The number of hydrogen-bond donors (Lipinski definition) is 3. The third-order valence-corrected chi connectivity index (χ3v) is 12.5. The van der Waals surface area contributed by atoms with E-state index in [0.717, 1.165) is 6.66 Å². The average Bonchev–Trinajstić information content (AvgIpc) is 3.15. The first-order valence-corrected chi connectivity index (χ1v) is 28.1. The lowest BCUT2D eigenvalue weighted by Crippen LogP contribution is -2.26. The van der Waals surface area contributed by atoms with Gasteiger partial charge < -0.3 is 112 Å². The van der Waals surface area contributed by atoms with Gasteiger partial charge in [0.2, 0.25) is 0 Å². The minimum Gasteiger partial charge on any atom is -0.779 e. The molecule has 0 saturated heterocycles. The highest BCUT2D eigenvalue weighted by molar-refractivity contribution is 7.50. The molecule has 0 saturated carbocycles. The molecule has 0 radical (unpaired) electrons. The quantitative estimate of drug-likeness (QED) is 0.0298. The Balaban J connectivity index is 4.52. The minimum absolute atomic E-state index is 0.0195. The summed E-state index contributed by atoms with van der Waals surface area (Å²) < 4.78 is 151. The van der Waals surface area contributed by atoms with Crippen molar-refractivity contribution in [2.75, 3.05) is 127 Å². The number of nitrogens with one attached hydrogen (secondary N) is 2. The summed E-state index contributed by atoms with van der Waals surface area (Å²) in [5, 5.41) is 14.5. The molecule has 3 N–H and O–H groups in total. The van der Waals surface area contributed by atoms with Crippen LogP contribution >= 0.6 is 54.5 Å². The van der Waals surface area contributed by atoms with Gasteiger partial charge in [0.25, 0.3) is 46.9 Å². The highest BCUT2D eigenvalue weighted by Gasteiger charge is 2.23. The van der Waals surface area contributed by atoms with E-state index >= 15 is 0 Å². The number of hydrogen-bond acceptors (Lipinski definition) is 32. The maximum absolute atomic E-state index is 12.1. The van der Waals surface area contributed by atoms with Crippen molar-refractivity contribution >= 4 is 54.5 Å². The third kappa shape index (κ3) is 37.7. The normalized spacial score (nSPS) is 20.1. The molecule has 0 aliphatic heterocycles. The van der Waals surface area contributed by atoms with Crippen molar-refractivity contribution < 1.29 is 140 Å². The van der Waals surface area contributed by atoms with Gasteiger partial charge in [-0.15, -0.1) is 0 Å². The number of phosphoric ester groups is 6. The van der Waals surface area contributed by atoms with Gasteiger partial charge in [0.05, 0.1) is 118 Å². The zero-order chi connectivity index (χ0) is 47.4. The summed E-state index contributed by atoms with van der Waals surface area (Å²) in [6, 6.07) is 0. The number of ether oxygens (including phenoxy) is 2. The molecule has 62 heavy (non-hydrogen) atoms.